The van der Waals surface area contributed by atoms with Crippen molar-refractivity contribution in [3.05, 3.63) is 65.0 Å². The zero-order valence-electron chi connectivity index (χ0n) is 16.1. The molecule has 0 radical (unpaired) electrons. The highest BCUT2D eigenvalue weighted by Crippen LogP contribution is 2.28. The van der Waals surface area contributed by atoms with Crippen molar-refractivity contribution in [2.75, 3.05) is 11.9 Å². The van der Waals surface area contributed by atoms with E-state index in [0.29, 0.717) is 17.3 Å². The third-order valence-corrected chi connectivity index (χ3v) is 4.96. The van der Waals surface area contributed by atoms with Gasteiger partial charge in [-0.05, 0) is 42.2 Å². The van der Waals surface area contributed by atoms with E-state index in [1.54, 1.807) is 24.3 Å². The lowest BCUT2D eigenvalue weighted by Crippen LogP contribution is -2.11. The van der Waals surface area contributed by atoms with Crippen LogP contribution in [0.2, 0.25) is 0 Å². The van der Waals surface area contributed by atoms with E-state index < -0.39 is 0 Å². The molecular weight excluding hydrogens is 356 g/mol. The fourth-order valence-corrected chi connectivity index (χ4v) is 3.36. The van der Waals surface area contributed by atoms with Gasteiger partial charge in [-0.3, -0.25) is 10.1 Å². The van der Waals surface area contributed by atoms with Gasteiger partial charge in [0.15, 0.2) is 5.13 Å². The molecule has 4 nitrogen and oxygen atoms in total. The summed E-state index contributed by atoms with van der Waals surface area (Å²) in [6, 6.07) is 15.5. The minimum atomic E-state index is -0.179. The first-order valence-electron chi connectivity index (χ1n) is 8.97. The van der Waals surface area contributed by atoms with Gasteiger partial charge in [0.25, 0.3) is 5.91 Å². The van der Waals surface area contributed by atoms with Crippen LogP contribution in [0, 0.1) is 0 Å². The summed E-state index contributed by atoms with van der Waals surface area (Å²) < 4.78 is 5.40. The number of nitrogens with zero attached hydrogens (tertiary/aromatic N) is 1. The third kappa shape index (κ3) is 4.74. The Morgan fingerprint density at radius 3 is 2.33 bits per heavy atom. The monoisotopic (exact) mass is 380 g/mol. The van der Waals surface area contributed by atoms with Gasteiger partial charge in [-0.15, -0.1) is 11.3 Å². The minimum Gasteiger partial charge on any atom is -0.494 e. The van der Waals surface area contributed by atoms with Crippen LogP contribution in [0.5, 0.6) is 5.75 Å². The number of ether oxygens (including phenoxy) is 1. The Labute approximate surface area is 164 Å². The van der Waals surface area contributed by atoms with Gasteiger partial charge >= 0.3 is 0 Å². The van der Waals surface area contributed by atoms with Crippen molar-refractivity contribution < 1.29 is 9.53 Å². The summed E-state index contributed by atoms with van der Waals surface area (Å²) in [5, 5.41) is 5.41. The van der Waals surface area contributed by atoms with E-state index in [2.05, 4.69) is 55.3 Å². The fraction of sp³-hybridized carbons (Fsp3) is 0.273. The summed E-state index contributed by atoms with van der Waals surface area (Å²) >= 11 is 1.42. The lowest BCUT2D eigenvalue weighted by Gasteiger charge is -2.18. The second kappa shape index (κ2) is 7.92. The molecule has 3 aromatic rings. The van der Waals surface area contributed by atoms with Crippen molar-refractivity contribution in [2.24, 2.45) is 0 Å². The van der Waals surface area contributed by atoms with Gasteiger partial charge in [-0.2, -0.15) is 0 Å². The van der Waals surface area contributed by atoms with Gasteiger partial charge in [0.2, 0.25) is 0 Å². The smallest absolute Gasteiger partial charge is 0.257 e. The van der Waals surface area contributed by atoms with E-state index in [-0.39, 0.29) is 11.3 Å². The van der Waals surface area contributed by atoms with Crippen molar-refractivity contribution in [1.29, 1.82) is 0 Å². The molecule has 1 heterocycles. The normalized spacial score (nSPS) is 11.3. The molecule has 1 N–H and O–H groups in total. The van der Waals surface area contributed by atoms with Gasteiger partial charge < -0.3 is 4.74 Å². The maximum absolute atomic E-state index is 12.4. The maximum Gasteiger partial charge on any atom is 0.257 e. The molecule has 1 aromatic heterocycles. The number of hydrogen-bond acceptors (Lipinski definition) is 4. The van der Waals surface area contributed by atoms with Crippen molar-refractivity contribution >= 4 is 22.4 Å². The first-order chi connectivity index (χ1) is 12.9. The van der Waals surface area contributed by atoms with Gasteiger partial charge in [-0.1, -0.05) is 45.0 Å². The highest BCUT2D eigenvalue weighted by Gasteiger charge is 2.14. The van der Waals surface area contributed by atoms with Gasteiger partial charge in [0, 0.05) is 16.5 Å². The summed E-state index contributed by atoms with van der Waals surface area (Å²) in [6.07, 6.45) is 0. The Balaban J connectivity index is 1.69. The molecule has 0 bridgehead atoms. The molecule has 0 unspecified atom stereocenters. The van der Waals surface area contributed by atoms with Crippen LogP contribution in [-0.2, 0) is 5.41 Å². The Morgan fingerprint density at radius 1 is 1.07 bits per heavy atom. The Morgan fingerprint density at radius 2 is 1.74 bits per heavy atom. The van der Waals surface area contributed by atoms with E-state index in [1.165, 1.54) is 16.9 Å². The lowest BCUT2D eigenvalue weighted by atomic mass is 9.86. The third-order valence-electron chi connectivity index (χ3n) is 4.20. The molecule has 140 valence electrons. The minimum absolute atomic E-state index is 0.122. The predicted octanol–water partition coefficient (Wildman–Crippen LogP) is 5.76. The van der Waals surface area contributed by atoms with E-state index in [0.717, 1.165) is 17.0 Å². The van der Waals surface area contributed by atoms with E-state index in [4.69, 9.17) is 4.74 Å². The molecule has 1 amide bonds. The number of benzene rings is 2. The Bertz CT molecular complexity index is 907. The number of aromatic nitrogens is 1. The molecule has 0 fully saturated rings. The van der Waals surface area contributed by atoms with Crippen LogP contribution in [0.4, 0.5) is 5.13 Å². The van der Waals surface area contributed by atoms with E-state index in [9.17, 15) is 4.79 Å². The molecule has 0 saturated heterocycles. The molecular formula is C22H24N2O2S. The summed E-state index contributed by atoms with van der Waals surface area (Å²) in [4.78, 5) is 16.9. The average molecular weight is 381 g/mol. The van der Waals surface area contributed by atoms with Gasteiger partial charge in [-0.25, -0.2) is 4.98 Å². The maximum atomic E-state index is 12.4. The average Bonchev–Trinajstić information content (AvgIpc) is 3.10. The number of carbonyl (C=O) groups excluding carboxylic acids is 1. The standard InChI is InChI=1S/C22H24N2O2S/c1-5-26-18-12-8-16(9-13-18)20(25)24-21-23-19(14-27-21)15-6-10-17(11-7-15)22(2,3)4/h6-14H,5H2,1-4H3,(H,23,24,25). The highest BCUT2D eigenvalue weighted by molar-refractivity contribution is 7.14. The van der Waals surface area contributed by atoms with Crippen molar-refractivity contribution in [1.82, 2.24) is 4.98 Å². The SMILES string of the molecule is CCOc1ccc(C(=O)Nc2nc(-c3ccc(C(C)(C)C)cc3)cs2)cc1. The second-order valence-corrected chi connectivity index (χ2v) is 8.13. The highest BCUT2D eigenvalue weighted by atomic mass is 32.1. The van der Waals surface area contributed by atoms with Crippen LogP contribution in [0.3, 0.4) is 0 Å². The molecule has 2 aromatic carbocycles. The van der Waals surface area contributed by atoms with Crippen LogP contribution < -0.4 is 10.1 Å². The summed E-state index contributed by atoms with van der Waals surface area (Å²) in [6.45, 7) is 9.11. The summed E-state index contributed by atoms with van der Waals surface area (Å²) in [5.74, 6) is 0.575. The van der Waals surface area contributed by atoms with E-state index >= 15 is 0 Å². The topological polar surface area (TPSA) is 51.2 Å². The molecule has 3 rings (SSSR count). The van der Waals surface area contributed by atoms with Gasteiger partial charge in [0.1, 0.15) is 5.75 Å². The number of amides is 1. The van der Waals surface area contributed by atoms with Crippen LogP contribution >= 0.6 is 11.3 Å². The van der Waals surface area contributed by atoms with Crippen LogP contribution in [-0.4, -0.2) is 17.5 Å². The van der Waals surface area contributed by atoms with Gasteiger partial charge in [0.05, 0.1) is 12.3 Å². The van der Waals surface area contributed by atoms with E-state index in [1.807, 2.05) is 12.3 Å². The molecule has 0 spiro atoms. The quantitative estimate of drug-likeness (QED) is 0.612. The lowest BCUT2D eigenvalue weighted by molar-refractivity contribution is 0.102. The zero-order chi connectivity index (χ0) is 19.4. The first-order valence-corrected chi connectivity index (χ1v) is 9.85. The van der Waals surface area contributed by atoms with Crippen molar-refractivity contribution in [3.8, 4) is 17.0 Å². The fourth-order valence-electron chi connectivity index (χ4n) is 2.64. The zero-order valence-corrected chi connectivity index (χ0v) is 16.9. The molecule has 0 aliphatic rings. The number of carbonyl (C=O) groups is 1. The first kappa shape index (κ1) is 19.1. The molecule has 0 saturated carbocycles. The van der Waals surface area contributed by atoms with Crippen LogP contribution in [0.1, 0.15) is 43.6 Å². The van der Waals surface area contributed by atoms with Crippen LogP contribution in [0.25, 0.3) is 11.3 Å². The number of thiazole rings is 1. The number of rotatable bonds is 5. The predicted molar refractivity (Wildman–Crippen MR) is 112 cm³/mol. The molecule has 27 heavy (non-hydrogen) atoms. The molecule has 5 heteroatoms. The number of nitrogens with one attached hydrogen (secondary N) is 1. The Kier molecular flexibility index (Phi) is 5.61. The van der Waals surface area contributed by atoms with Crippen molar-refractivity contribution in [2.45, 2.75) is 33.1 Å². The molecule has 0 aliphatic heterocycles. The number of hydrogen-bond donors (Lipinski definition) is 1. The molecule has 0 atom stereocenters. The number of anilines is 1. The molecule has 0 aliphatic carbocycles. The van der Waals surface area contributed by atoms with Crippen molar-refractivity contribution in [3.63, 3.8) is 0 Å². The van der Waals surface area contributed by atoms with Crippen LogP contribution in [0.15, 0.2) is 53.9 Å². The Hall–Kier alpha value is -2.66. The largest absolute Gasteiger partial charge is 0.494 e. The summed E-state index contributed by atoms with van der Waals surface area (Å²) in [5.41, 5.74) is 3.88. The summed E-state index contributed by atoms with van der Waals surface area (Å²) in [7, 11) is 0. The second-order valence-electron chi connectivity index (χ2n) is 7.28.